The number of rotatable bonds is 7. The number of hydrogen-bond acceptors (Lipinski definition) is 5. The molecule has 3 amide bonds. The lowest BCUT2D eigenvalue weighted by Crippen LogP contribution is -2.39. The summed E-state index contributed by atoms with van der Waals surface area (Å²) in [6.45, 7) is 2.06. The zero-order chi connectivity index (χ0) is 23.9. The van der Waals surface area contributed by atoms with Crippen LogP contribution in [0.2, 0.25) is 0 Å². The van der Waals surface area contributed by atoms with Gasteiger partial charge in [-0.2, -0.15) is 0 Å². The Bertz CT molecular complexity index is 1280. The summed E-state index contributed by atoms with van der Waals surface area (Å²) in [5.74, 6) is -0.539. The molecule has 7 nitrogen and oxygen atoms in total. The van der Waals surface area contributed by atoms with Crippen LogP contribution < -0.4 is 10.6 Å². The van der Waals surface area contributed by atoms with Crippen molar-refractivity contribution in [2.24, 2.45) is 0 Å². The fourth-order valence-corrected chi connectivity index (χ4v) is 4.08. The van der Waals surface area contributed by atoms with Gasteiger partial charge in [-0.05, 0) is 36.8 Å². The first-order valence-corrected chi connectivity index (χ1v) is 11.4. The molecule has 172 valence electrons. The molecule has 0 spiro atoms. The van der Waals surface area contributed by atoms with E-state index in [1.165, 1.54) is 6.07 Å². The number of anilines is 1. The lowest BCUT2D eigenvalue weighted by molar-refractivity contribution is -0.119. The SMILES string of the molecule is CC(Sc1nnc(-c2ccccc2F)n1Cc1ccccc1)C(=O)NC(=O)Nc1ccccc1. The molecule has 2 N–H and O–H groups in total. The number of amides is 3. The van der Waals surface area contributed by atoms with Crippen LogP contribution in [0.3, 0.4) is 0 Å². The Hall–Kier alpha value is -3.98. The summed E-state index contributed by atoms with van der Waals surface area (Å²) in [6, 6.07) is 24.2. The molecule has 0 fully saturated rings. The molecule has 0 aliphatic heterocycles. The number of thioether (sulfide) groups is 1. The summed E-state index contributed by atoms with van der Waals surface area (Å²) in [7, 11) is 0. The van der Waals surface area contributed by atoms with Gasteiger partial charge in [-0.1, -0.05) is 72.4 Å². The zero-order valence-electron chi connectivity index (χ0n) is 18.3. The van der Waals surface area contributed by atoms with E-state index in [0.717, 1.165) is 17.3 Å². The maximum atomic E-state index is 14.5. The molecule has 0 saturated carbocycles. The van der Waals surface area contributed by atoms with Crippen molar-refractivity contribution in [2.75, 3.05) is 5.32 Å². The lowest BCUT2D eigenvalue weighted by atomic mass is 10.2. The van der Waals surface area contributed by atoms with Crippen LogP contribution >= 0.6 is 11.8 Å². The van der Waals surface area contributed by atoms with Gasteiger partial charge in [-0.25, -0.2) is 9.18 Å². The smallest absolute Gasteiger partial charge is 0.308 e. The van der Waals surface area contributed by atoms with Gasteiger partial charge in [0.1, 0.15) is 5.82 Å². The highest BCUT2D eigenvalue weighted by Gasteiger charge is 2.23. The van der Waals surface area contributed by atoms with E-state index in [-0.39, 0.29) is 0 Å². The summed E-state index contributed by atoms with van der Waals surface area (Å²) in [5, 5.41) is 13.2. The molecular formula is C25H22FN5O2S. The highest BCUT2D eigenvalue weighted by Crippen LogP contribution is 2.29. The summed E-state index contributed by atoms with van der Waals surface area (Å²) in [6.07, 6.45) is 0. The van der Waals surface area contributed by atoms with Gasteiger partial charge in [0.2, 0.25) is 5.91 Å². The maximum absolute atomic E-state index is 14.5. The minimum absolute atomic E-state index is 0.317. The van der Waals surface area contributed by atoms with Crippen LogP contribution in [-0.4, -0.2) is 32.0 Å². The Kier molecular flexibility index (Phi) is 7.34. The summed E-state index contributed by atoms with van der Waals surface area (Å²) < 4.78 is 16.3. The number of para-hydroxylation sites is 1. The van der Waals surface area contributed by atoms with Gasteiger partial charge in [-0.3, -0.25) is 14.7 Å². The number of carbonyl (C=O) groups is 2. The first-order chi connectivity index (χ1) is 16.5. The molecular weight excluding hydrogens is 453 g/mol. The molecule has 34 heavy (non-hydrogen) atoms. The van der Waals surface area contributed by atoms with E-state index >= 15 is 0 Å². The molecule has 0 aliphatic rings. The number of urea groups is 1. The molecule has 0 bridgehead atoms. The Morgan fingerprint density at radius 3 is 2.29 bits per heavy atom. The first-order valence-electron chi connectivity index (χ1n) is 10.6. The van der Waals surface area contributed by atoms with E-state index in [1.807, 2.05) is 36.4 Å². The monoisotopic (exact) mass is 475 g/mol. The quantitative estimate of drug-likeness (QED) is 0.369. The van der Waals surface area contributed by atoms with Crippen LogP contribution in [0.5, 0.6) is 0 Å². The second-order valence-electron chi connectivity index (χ2n) is 7.43. The number of carbonyl (C=O) groups excluding carboxylic acids is 2. The van der Waals surface area contributed by atoms with Crippen molar-refractivity contribution in [3.8, 4) is 11.4 Å². The van der Waals surface area contributed by atoms with Gasteiger partial charge in [0.05, 0.1) is 17.4 Å². The predicted molar refractivity (Wildman–Crippen MR) is 130 cm³/mol. The second kappa shape index (κ2) is 10.8. The van der Waals surface area contributed by atoms with Gasteiger partial charge < -0.3 is 5.32 Å². The fraction of sp³-hybridized carbons (Fsp3) is 0.120. The van der Waals surface area contributed by atoms with Crippen LogP contribution in [0.4, 0.5) is 14.9 Å². The van der Waals surface area contributed by atoms with Crippen LogP contribution in [0.1, 0.15) is 12.5 Å². The van der Waals surface area contributed by atoms with Crippen LogP contribution in [0.25, 0.3) is 11.4 Å². The number of benzene rings is 3. The molecule has 9 heteroatoms. The highest BCUT2D eigenvalue weighted by atomic mass is 32.2. The maximum Gasteiger partial charge on any atom is 0.325 e. The van der Waals surface area contributed by atoms with Gasteiger partial charge in [0, 0.05) is 5.69 Å². The topological polar surface area (TPSA) is 88.9 Å². The molecule has 0 aliphatic carbocycles. The van der Waals surface area contributed by atoms with Crippen molar-refractivity contribution < 1.29 is 14.0 Å². The molecule has 4 rings (SSSR count). The molecule has 3 aromatic carbocycles. The second-order valence-corrected chi connectivity index (χ2v) is 8.74. The number of hydrogen-bond donors (Lipinski definition) is 2. The van der Waals surface area contributed by atoms with Crippen molar-refractivity contribution in [3.63, 3.8) is 0 Å². The molecule has 0 saturated heterocycles. The van der Waals surface area contributed by atoms with Gasteiger partial charge in [0.15, 0.2) is 11.0 Å². The third-order valence-electron chi connectivity index (χ3n) is 4.93. The zero-order valence-corrected chi connectivity index (χ0v) is 19.1. The standard InChI is InChI=1S/C25H22FN5O2S/c1-17(23(32)28-24(33)27-19-12-6-3-7-13-19)34-25-30-29-22(20-14-8-9-15-21(20)26)31(25)16-18-10-4-2-5-11-18/h2-15,17H,16H2,1H3,(H2,27,28,32,33). The third kappa shape index (κ3) is 5.68. The molecule has 1 unspecified atom stereocenters. The van der Waals surface area contributed by atoms with Crippen molar-refractivity contribution in [1.29, 1.82) is 0 Å². The van der Waals surface area contributed by atoms with E-state index in [2.05, 4.69) is 20.8 Å². The van der Waals surface area contributed by atoms with E-state index in [1.54, 1.807) is 54.0 Å². The molecule has 0 radical (unpaired) electrons. The number of halogens is 1. The van der Waals surface area contributed by atoms with Crippen molar-refractivity contribution in [1.82, 2.24) is 20.1 Å². The first kappa shape index (κ1) is 23.2. The van der Waals surface area contributed by atoms with Crippen molar-refractivity contribution in [3.05, 3.63) is 96.3 Å². The largest absolute Gasteiger partial charge is 0.325 e. The number of nitrogens with zero attached hydrogens (tertiary/aromatic N) is 3. The van der Waals surface area contributed by atoms with Crippen LogP contribution in [0, 0.1) is 5.82 Å². The Morgan fingerprint density at radius 1 is 0.941 bits per heavy atom. The minimum Gasteiger partial charge on any atom is -0.308 e. The van der Waals surface area contributed by atoms with Crippen LogP contribution in [0.15, 0.2) is 90.1 Å². The van der Waals surface area contributed by atoms with E-state index in [4.69, 9.17) is 0 Å². The average Bonchev–Trinajstić information content (AvgIpc) is 3.22. The number of nitrogens with one attached hydrogen (secondary N) is 2. The Morgan fingerprint density at radius 2 is 1.59 bits per heavy atom. The molecule has 1 aromatic heterocycles. The predicted octanol–water partition coefficient (Wildman–Crippen LogP) is 4.96. The third-order valence-corrected chi connectivity index (χ3v) is 6.02. The molecule has 1 atom stereocenters. The van der Waals surface area contributed by atoms with Gasteiger partial charge in [-0.15, -0.1) is 10.2 Å². The average molecular weight is 476 g/mol. The number of aromatic nitrogens is 3. The summed E-state index contributed by atoms with van der Waals surface area (Å²) >= 11 is 1.14. The minimum atomic E-state index is -0.659. The van der Waals surface area contributed by atoms with Gasteiger partial charge >= 0.3 is 6.03 Å². The molecule has 4 aromatic rings. The normalized spacial score (nSPS) is 11.6. The number of imide groups is 1. The molecule has 1 heterocycles. The highest BCUT2D eigenvalue weighted by molar-refractivity contribution is 8.00. The van der Waals surface area contributed by atoms with Crippen molar-refractivity contribution >= 4 is 29.4 Å². The van der Waals surface area contributed by atoms with E-state index in [9.17, 15) is 14.0 Å². The van der Waals surface area contributed by atoms with Gasteiger partial charge in [0.25, 0.3) is 0 Å². The summed E-state index contributed by atoms with van der Waals surface area (Å²) in [4.78, 5) is 24.8. The lowest BCUT2D eigenvalue weighted by Gasteiger charge is -2.14. The Labute approximate surface area is 200 Å². The van der Waals surface area contributed by atoms with Crippen LogP contribution in [-0.2, 0) is 11.3 Å². The Balaban J connectivity index is 1.53. The van der Waals surface area contributed by atoms with E-state index < -0.39 is 23.0 Å². The van der Waals surface area contributed by atoms with Crippen molar-refractivity contribution in [2.45, 2.75) is 23.9 Å². The fourth-order valence-electron chi connectivity index (χ4n) is 3.24. The summed E-state index contributed by atoms with van der Waals surface area (Å²) in [5.41, 5.74) is 1.86. The van der Waals surface area contributed by atoms with E-state index in [0.29, 0.717) is 28.8 Å².